The van der Waals surface area contributed by atoms with Crippen molar-refractivity contribution in [2.75, 3.05) is 13.2 Å². The van der Waals surface area contributed by atoms with Crippen molar-refractivity contribution in [3.05, 3.63) is 32.7 Å². The molecule has 1 unspecified atom stereocenters. The van der Waals surface area contributed by atoms with Crippen molar-refractivity contribution in [3.63, 3.8) is 0 Å². The number of aliphatic hydroxyl groups is 2. The van der Waals surface area contributed by atoms with E-state index in [1.54, 1.807) is 12.1 Å². The van der Waals surface area contributed by atoms with Gasteiger partial charge in [0.25, 0.3) is 5.91 Å². The topological polar surface area (TPSA) is 69.6 Å². The first-order chi connectivity index (χ1) is 7.85. The van der Waals surface area contributed by atoms with Crippen molar-refractivity contribution in [3.8, 4) is 0 Å². The Balaban J connectivity index is 2.74. The molecule has 0 radical (unpaired) electrons. The molecule has 1 aromatic rings. The Hall–Kier alpha value is -0.430. The lowest BCUT2D eigenvalue weighted by atomic mass is 10.1. The van der Waals surface area contributed by atoms with E-state index in [9.17, 15) is 9.90 Å². The van der Waals surface area contributed by atoms with Crippen molar-refractivity contribution < 1.29 is 15.0 Å². The molecular formula is C11H13Br2NO3. The fourth-order valence-electron chi connectivity index (χ4n) is 1.09. The second kappa shape index (κ2) is 5.95. The molecule has 3 N–H and O–H groups in total. The minimum absolute atomic E-state index is 0.0126. The van der Waals surface area contributed by atoms with Crippen molar-refractivity contribution in [1.29, 1.82) is 0 Å². The van der Waals surface area contributed by atoms with Crippen LogP contribution in [0.5, 0.6) is 0 Å². The third-order valence-corrected chi connectivity index (χ3v) is 3.33. The predicted octanol–water partition coefficient (Wildman–Crippen LogP) is 1.68. The highest BCUT2D eigenvalue weighted by molar-refractivity contribution is 9.11. The van der Waals surface area contributed by atoms with E-state index in [1.165, 1.54) is 6.92 Å². The van der Waals surface area contributed by atoms with Gasteiger partial charge >= 0.3 is 0 Å². The Morgan fingerprint density at radius 2 is 2.12 bits per heavy atom. The van der Waals surface area contributed by atoms with Crippen LogP contribution in [0.15, 0.2) is 27.1 Å². The number of hydrogen-bond acceptors (Lipinski definition) is 3. The molecule has 0 fully saturated rings. The van der Waals surface area contributed by atoms with E-state index in [4.69, 9.17) is 5.11 Å². The molecule has 17 heavy (non-hydrogen) atoms. The Morgan fingerprint density at radius 3 is 2.71 bits per heavy atom. The van der Waals surface area contributed by atoms with E-state index in [2.05, 4.69) is 37.2 Å². The highest BCUT2D eigenvalue weighted by Gasteiger charge is 2.20. The van der Waals surface area contributed by atoms with Gasteiger partial charge in [0.1, 0.15) is 5.60 Å². The lowest BCUT2D eigenvalue weighted by molar-refractivity contribution is 0.00319. The van der Waals surface area contributed by atoms with Gasteiger partial charge in [-0.1, -0.05) is 15.9 Å². The summed E-state index contributed by atoms with van der Waals surface area (Å²) >= 11 is 6.55. The van der Waals surface area contributed by atoms with Crippen molar-refractivity contribution in [1.82, 2.24) is 5.32 Å². The van der Waals surface area contributed by atoms with Crippen LogP contribution in [0.3, 0.4) is 0 Å². The first-order valence-corrected chi connectivity index (χ1v) is 6.51. The van der Waals surface area contributed by atoms with Crippen LogP contribution in [0.1, 0.15) is 17.3 Å². The second-order valence-corrected chi connectivity index (χ2v) is 5.73. The highest BCUT2D eigenvalue weighted by atomic mass is 79.9. The number of aliphatic hydroxyl groups excluding tert-OH is 1. The lowest BCUT2D eigenvalue weighted by Crippen LogP contribution is -2.43. The first kappa shape index (κ1) is 14.6. The van der Waals surface area contributed by atoms with E-state index in [0.29, 0.717) is 10.0 Å². The number of rotatable bonds is 4. The molecule has 0 spiro atoms. The van der Waals surface area contributed by atoms with Crippen LogP contribution >= 0.6 is 31.9 Å². The normalized spacial score (nSPS) is 14.2. The summed E-state index contributed by atoms with van der Waals surface area (Å²) in [4.78, 5) is 11.8. The Kier molecular flexibility index (Phi) is 5.12. The molecule has 4 nitrogen and oxygen atoms in total. The zero-order valence-electron chi connectivity index (χ0n) is 9.20. The van der Waals surface area contributed by atoms with Gasteiger partial charge < -0.3 is 15.5 Å². The summed E-state index contributed by atoms with van der Waals surface area (Å²) in [5.74, 6) is -0.313. The molecule has 94 valence electrons. The van der Waals surface area contributed by atoms with Crippen molar-refractivity contribution in [2.45, 2.75) is 12.5 Å². The molecule has 1 aromatic carbocycles. The van der Waals surface area contributed by atoms with Gasteiger partial charge in [-0.2, -0.15) is 0 Å². The zero-order valence-corrected chi connectivity index (χ0v) is 12.4. The number of amides is 1. The van der Waals surface area contributed by atoms with E-state index in [1.807, 2.05) is 6.07 Å². The summed E-state index contributed by atoms with van der Waals surface area (Å²) in [6.45, 7) is 1.03. The van der Waals surface area contributed by atoms with E-state index >= 15 is 0 Å². The quantitative estimate of drug-likeness (QED) is 0.759. The average Bonchev–Trinajstić information content (AvgIpc) is 2.29. The molecule has 6 heteroatoms. The van der Waals surface area contributed by atoms with Crippen molar-refractivity contribution in [2.24, 2.45) is 0 Å². The van der Waals surface area contributed by atoms with Crippen LogP contribution in [-0.2, 0) is 0 Å². The predicted molar refractivity (Wildman–Crippen MR) is 71.9 cm³/mol. The van der Waals surface area contributed by atoms with Crippen LogP contribution in [0.25, 0.3) is 0 Å². The van der Waals surface area contributed by atoms with Crippen LogP contribution in [0.2, 0.25) is 0 Å². The van der Waals surface area contributed by atoms with Crippen LogP contribution in [0, 0.1) is 0 Å². The van der Waals surface area contributed by atoms with E-state index < -0.39 is 12.2 Å². The summed E-state index contributed by atoms with van der Waals surface area (Å²) < 4.78 is 1.46. The summed E-state index contributed by atoms with van der Waals surface area (Å²) in [5.41, 5.74) is -0.846. The fraction of sp³-hybridized carbons (Fsp3) is 0.364. The molecule has 0 aliphatic heterocycles. The molecule has 0 heterocycles. The number of halogens is 2. The van der Waals surface area contributed by atoms with Gasteiger partial charge in [-0.25, -0.2) is 0 Å². The summed E-state index contributed by atoms with van der Waals surface area (Å²) in [6, 6.07) is 5.24. The molecule has 0 aliphatic rings. The SMILES string of the molecule is CC(O)(CO)CNC(=O)c1cc(Br)ccc1Br. The maximum absolute atomic E-state index is 11.8. The van der Waals surface area contributed by atoms with Crippen LogP contribution in [-0.4, -0.2) is 34.9 Å². The minimum Gasteiger partial charge on any atom is -0.393 e. The fourth-order valence-corrected chi connectivity index (χ4v) is 1.88. The standard InChI is InChI=1S/C11H13Br2NO3/c1-11(17,6-15)5-14-10(16)8-4-7(12)2-3-9(8)13/h2-4,15,17H,5-6H2,1H3,(H,14,16). The number of benzene rings is 1. The average molecular weight is 367 g/mol. The smallest absolute Gasteiger partial charge is 0.252 e. The third-order valence-electron chi connectivity index (χ3n) is 2.14. The van der Waals surface area contributed by atoms with Gasteiger partial charge in [-0.15, -0.1) is 0 Å². The largest absolute Gasteiger partial charge is 0.393 e. The maximum Gasteiger partial charge on any atom is 0.252 e. The van der Waals surface area contributed by atoms with Crippen LogP contribution in [0.4, 0.5) is 0 Å². The number of carbonyl (C=O) groups excluding carboxylic acids is 1. The zero-order chi connectivity index (χ0) is 13.1. The Labute approximate surface area is 116 Å². The highest BCUT2D eigenvalue weighted by Crippen LogP contribution is 2.21. The molecule has 0 saturated heterocycles. The molecule has 0 aromatic heterocycles. The summed E-state index contributed by atoms with van der Waals surface area (Å²) in [6.07, 6.45) is 0. The molecule has 0 aliphatic carbocycles. The number of carbonyl (C=O) groups is 1. The monoisotopic (exact) mass is 365 g/mol. The van der Waals surface area contributed by atoms with Gasteiger partial charge in [0.05, 0.1) is 12.2 Å². The van der Waals surface area contributed by atoms with Crippen molar-refractivity contribution >= 4 is 37.8 Å². The molecule has 1 amide bonds. The van der Waals surface area contributed by atoms with Gasteiger partial charge in [0.15, 0.2) is 0 Å². The lowest BCUT2D eigenvalue weighted by Gasteiger charge is -2.20. The first-order valence-electron chi connectivity index (χ1n) is 4.92. The number of nitrogens with one attached hydrogen (secondary N) is 1. The van der Waals surface area contributed by atoms with E-state index in [-0.39, 0.29) is 12.5 Å². The van der Waals surface area contributed by atoms with Gasteiger partial charge in [-0.3, -0.25) is 4.79 Å². The molecular weight excluding hydrogens is 354 g/mol. The van der Waals surface area contributed by atoms with Gasteiger partial charge in [0, 0.05) is 15.5 Å². The van der Waals surface area contributed by atoms with Gasteiger partial charge in [-0.05, 0) is 41.1 Å². The second-order valence-electron chi connectivity index (χ2n) is 3.96. The molecule has 0 saturated carbocycles. The molecule has 0 bridgehead atoms. The Morgan fingerprint density at radius 1 is 1.47 bits per heavy atom. The number of hydrogen-bond donors (Lipinski definition) is 3. The van der Waals surface area contributed by atoms with Gasteiger partial charge in [0.2, 0.25) is 0 Å². The Bertz CT molecular complexity index is 421. The third kappa shape index (κ3) is 4.39. The summed E-state index contributed by atoms with van der Waals surface area (Å²) in [7, 11) is 0. The minimum atomic E-state index is -1.31. The molecule has 1 atom stereocenters. The summed E-state index contributed by atoms with van der Waals surface area (Å²) in [5, 5.41) is 21.0. The van der Waals surface area contributed by atoms with Crippen LogP contribution < -0.4 is 5.32 Å². The maximum atomic E-state index is 11.8. The van der Waals surface area contributed by atoms with E-state index in [0.717, 1.165) is 4.47 Å². The molecule has 1 rings (SSSR count).